The Hall–Kier alpha value is -1.10. The maximum atomic E-state index is 5.82. The van der Waals surface area contributed by atoms with Gasteiger partial charge in [0.1, 0.15) is 0 Å². The van der Waals surface area contributed by atoms with Crippen molar-refractivity contribution in [2.24, 2.45) is 11.8 Å². The maximum Gasteiger partial charge on any atom is 0.0705 e. The highest BCUT2D eigenvalue weighted by Gasteiger charge is 2.19. The van der Waals surface area contributed by atoms with Crippen LogP contribution in [0.3, 0.4) is 0 Å². The Morgan fingerprint density at radius 2 is 2.10 bits per heavy atom. The Bertz CT molecular complexity index is 608. The molecule has 1 atom stereocenters. The van der Waals surface area contributed by atoms with Crippen molar-refractivity contribution in [3.8, 4) is 0 Å². The molecular formula is C17H23N3S. The summed E-state index contributed by atoms with van der Waals surface area (Å²) in [5.74, 6) is 9.20. The van der Waals surface area contributed by atoms with Gasteiger partial charge in [0, 0.05) is 17.1 Å². The van der Waals surface area contributed by atoms with Gasteiger partial charge in [0.2, 0.25) is 0 Å². The molecule has 0 saturated carbocycles. The number of thioether (sulfide) groups is 1. The van der Waals surface area contributed by atoms with E-state index in [1.807, 2.05) is 6.92 Å². The van der Waals surface area contributed by atoms with Gasteiger partial charge in [-0.15, -0.1) is 0 Å². The Balaban J connectivity index is 1.80. The highest BCUT2D eigenvalue weighted by molar-refractivity contribution is 7.99. The summed E-state index contributed by atoms with van der Waals surface area (Å²) in [6.45, 7) is 2.03. The zero-order valence-corrected chi connectivity index (χ0v) is 13.3. The second-order valence-corrected chi connectivity index (χ2v) is 7.14. The van der Waals surface area contributed by atoms with Gasteiger partial charge < -0.3 is 0 Å². The van der Waals surface area contributed by atoms with Crippen LogP contribution in [0, 0.1) is 12.8 Å². The molecule has 1 aromatic carbocycles. The number of pyridine rings is 1. The van der Waals surface area contributed by atoms with Crippen LogP contribution in [0.2, 0.25) is 0 Å². The van der Waals surface area contributed by atoms with E-state index in [1.165, 1.54) is 35.3 Å². The molecule has 1 unspecified atom stereocenters. The van der Waals surface area contributed by atoms with E-state index in [-0.39, 0.29) is 6.04 Å². The average Bonchev–Trinajstić information content (AvgIpc) is 2.53. The molecule has 1 aromatic heterocycles. The Morgan fingerprint density at radius 1 is 1.29 bits per heavy atom. The zero-order chi connectivity index (χ0) is 14.7. The van der Waals surface area contributed by atoms with E-state index in [0.717, 1.165) is 23.5 Å². The van der Waals surface area contributed by atoms with Crippen molar-refractivity contribution in [3.05, 3.63) is 41.6 Å². The molecular weight excluding hydrogens is 278 g/mol. The number of rotatable bonds is 4. The molecule has 3 nitrogen and oxygen atoms in total. The van der Waals surface area contributed by atoms with Crippen LogP contribution in [-0.2, 0) is 0 Å². The third-order valence-electron chi connectivity index (χ3n) is 4.37. The molecule has 1 fully saturated rings. The predicted octanol–water partition coefficient (Wildman–Crippen LogP) is 3.58. The summed E-state index contributed by atoms with van der Waals surface area (Å²) >= 11 is 2.07. The van der Waals surface area contributed by atoms with Crippen LogP contribution in [0.15, 0.2) is 30.3 Å². The summed E-state index contributed by atoms with van der Waals surface area (Å²) in [6.07, 6.45) is 3.76. The Morgan fingerprint density at radius 3 is 2.86 bits per heavy atom. The molecule has 112 valence electrons. The monoisotopic (exact) mass is 301 g/mol. The first-order valence-electron chi connectivity index (χ1n) is 7.67. The standard InChI is InChI=1S/C17H23N3S/c1-12-2-3-14-11-15(4-5-16(14)19-12)17(20-18)10-13-6-8-21-9-7-13/h2-5,11,13,17,20H,6-10,18H2,1H3. The van der Waals surface area contributed by atoms with Gasteiger partial charge in [-0.25, -0.2) is 0 Å². The number of benzene rings is 1. The highest BCUT2D eigenvalue weighted by Crippen LogP contribution is 2.31. The molecule has 1 saturated heterocycles. The Labute approximate surface area is 130 Å². The molecule has 2 heterocycles. The van der Waals surface area contributed by atoms with Crippen molar-refractivity contribution in [1.29, 1.82) is 0 Å². The smallest absolute Gasteiger partial charge is 0.0705 e. The number of fused-ring (bicyclic) bond motifs is 1. The fraction of sp³-hybridized carbons (Fsp3) is 0.471. The van der Waals surface area contributed by atoms with Gasteiger partial charge in [-0.1, -0.05) is 12.1 Å². The van der Waals surface area contributed by atoms with Gasteiger partial charge in [-0.2, -0.15) is 11.8 Å². The predicted molar refractivity (Wildman–Crippen MR) is 91.2 cm³/mol. The molecule has 3 rings (SSSR count). The quantitative estimate of drug-likeness (QED) is 0.669. The SMILES string of the molecule is Cc1ccc2cc(C(CC3CCSCC3)NN)ccc2n1. The lowest BCUT2D eigenvalue weighted by Gasteiger charge is -2.26. The van der Waals surface area contributed by atoms with Crippen LogP contribution >= 0.6 is 11.8 Å². The normalized spacial score (nSPS) is 18.0. The van der Waals surface area contributed by atoms with Crippen LogP contribution in [-0.4, -0.2) is 16.5 Å². The fourth-order valence-electron chi connectivity index (χ4n) is 3.08. The van der Waals surface area contributed by atoms with Gasteiger partial charge in [0.05, 0.1) is 5.52 Å². The van der Waals surface area contributed by atoms with E-state index < -0.39 is 0 Å². The van der Waals surface area contributed by atoms with E-state index in [2.05, 4.69) is 52.5 Å². The summed E-state index contributed by atoms with van der Waals surface area (Å²) in [7, 11) is 0. The topological polar surface area (TPSA) is 50.9 Å². The number of hydrogen-bond donors (Lipinski definition) is 2. The number of hydrogen-bond acceptors (Lipinski definition) is 4. The first-order valence-corrected chi connectivity index (χ1v) is 8.83. The second kappa shape index (κ2) is 6.77. The molecule has 0 bridgehead atoms. The number of nitrogens with zero attached hydrogens (tertiary/aromatic N) is 1. The second-order valence-electron chi connectivity index (χ2n) is 5.92. The fourth-order valence-corrected chi connectivity index (χ4v) is 4.28. The van der Waals surface area contributed by atoms with Crippen LogP contribution in [0.5, 0.6) is 0 Å². The van der Waals surface area contributed by atoms with Crippen molar-refractivity contribution in [2.75, 3.05) is 11.5 Å². The maximum absolute atomic E-state index is 5.82. The molecule has 1 aliphatic heterocycles. The van der Waals surface area contributed by atoms with Crippen LogP contribution in [0.25, 0.3) is 10.9 Å². The zero-order valence-electron chi connectivity index (χ0n) is 12.5. The summed E-state index contributed by atoms with van der Waals surface area (Å²) in [5.41, 5.74) is 6.40. The summed E-state index contributed by atoms with van der Waals surface area (Å²) < 4.78 is 0. The van der Waals surface area contributed by atoms with Crippen molar-refractivity contribution < 1.29 is 0 Å². The Kier molecular flexibility index (Phi) is 4.78. The molecule has 0 amide bonds. The van der Waals surface area contributed by atoms with Gasteiger partial charge in [0.15, 0.2) is 0 Å². The molecule has 4 heteroatoms. The van der Waals surface area contributed by atoms with E-state index in [9.17, 15) is 0 Å². The number of aryl methyl sites for hydroxylation is 1. The lowest BCUT2D eigenvalue weighted by Crippen LogP contribution is -2.30. The van der Waals surface area contributed by atoms with E-state index >= 15 is 0 Å². The first kappa shape index (κ1) is 14.8. The van der Waals surface area contributed by atoms with Gasteiger partial charge in [-0.05, 0) is 67.4 Å². The van der Waals surface area contributed by atoms with Crippen molar-refractivity contribution >= 4 is 22.7 Å². The average molecular weight is 301 g/mol. The first-order chi connectivity index (χ1) is 10.3. The van der Waals surface area contributed by atoms with Crippen molar-refractivity contribution in [2.45, 2.75) is 32.2 Å². The number of hydrazine groups is 1. The van der Waals surface area contributed by atoms with Gasteiger partial charge in [0.25, 0.3) is 0 Å². The molecule has 1 aliphatic rings. The number of nitrogens with one attached hydrogen (secondary N) is 1. The summed E-state index contributed by atoms with van der Waals surface area (Å²) in [5, 5.41) is 1.19. The third-order valence-corrected chi connectivity index (χ3v) is 5.41. The minimum absolute atomic E-state index is 0.240. The number of aromatic nitrogens is 1. The van der Waals surface area contributed by atoms with E-state index in [4.69, 9.17) is 5.84 Å². The van der Waals surface area contributed by atoms with Gasteiger partial charge >= 0.3 is 0 Å². The largest absolute Gasteiger partial charge is 0.271 e. The van der Waals surface area contributed by atoms with E-state index in [1.54, 1.807) is 0 Å². The molecule has 3 N–H and O–H groups in total. The van der Waals surface area contributed by atoms with E-state index in [0.29, 0.717) is 0 Å². The van der Waals surface area contributed by atoms with Crippen molar-refractivity contribution in [1.82, 2.24) is 10.4 Å². The lowest BCUT2D eigenvalue weighted by molar-refractivity contribution is 0.374. The van der Waals surface area contributed by atoms with Crippen LogP contribution < -0.4 is 11.3 Å². The van der Waals surface area contributed by atoms with Crippen LogP contribution in [0.1, 0.15) is 36.6 Å². The molecule has 2 aromatic rings. The lowest BCUT2D eigenvalue weighted by atomic mass is 9.90. The molecule has 0 aliphatic carbocycles. The molecule has 21 heavy (non-hydrogen) atoms. The minimum Gasteiger partial charge on any atom is -0.271 e. The van der Waals surface area contributed by atoms with Gasteiger partial charge in [-0.3, -0.25) is 16.3 Å². The number of nitrogens with two attached hydrogens (primary N) is 1. The third kappa shape index (κ3) is 3.57. The van der Waals surface area contributed by atoms with Crippen molar-refractivity contribution in [3.63, 3.8) is 0 Å². The summed E-state index contributed by atoms with van der Waals surface area (Å²) in [4.78, 5) is 4.56. The van der Waals surface area contributed by atoms with Crippen LogP contribution in [0.4, 0.5) is 0 Å². The minimum atomic E-state index is 0.240. The summed E-state index contributed by atoms with van der Waals surface area (Å²) in [6, 6.07) is 10.9. The highest BCUT2D eigenvalue weighted by atomic mass is 32.2. The molecule has 0 radical (unpaired) electrons. The molecule has 0 spiro atoms.